The van der Waals surface area contributed by atoms with Gasteiger partial charge in [-0.1, -0.05) is 13.8 Å². The normalized spacial score (nSPS) is 26.1. The van der Waals surface area contributed by atoms with Gasteiger partial charge in [-0.05, 0) is 25.2 Å². The van der Waals surface area contributed by atoms with Crippen LogP contribution in [0.2, 0.25) is 0 Å². The predicted molar refractivity (Wildman–Crippen MR) is 85.4 cm³/mol. The lowest BCUT2D eigenvalue weighted by molar-refractivity contribution is -0.132. The van der Waals surface area contributed by atoms with Crippen LogP contribution >= 0.6 is 11.3 Å². The molecule has 1 aliphatic heterocycles. The van der Waals surface area contributed by atoms with Crippen LogP contribution < -0.4 is 5.32 Å². The minimum absolute atomic E-state index is 0.286. The van der Waals surface area contributed by atoms with Crippen LogP contribution in [0.3, 0.4) is 0 Å². The molecule has 5 heteroatoms. The van der Waals surface area contributed by atoms with Gasteiger partial charge in [0.25, 0.3) is 0 Å². The number of piperidine rings is 1. The van der Waals surface area contributed by atoms with Crippen LogP contribution in [0.4, 0.5) is 0 Å². The molecule has 0 radical (unpaired) electrons. The molecule has 1 amide bonds. The monoisotopic (exact) mass is 307 g/mol. The topological polar surface area (TPSA) is 45.2 Å². The summed E-state index contributed by atoms with van der Waals surface area (Å²) in [5.41, 5.74) is 1.18. The van der Waals surface area contributed by atoms with Crippen molar-refractivity contribution in [2.75, 3.05) is 13.1 Å². The van der Waals surface area contributed by atoms with E-state index in [0.29, 0.717) is 18.4 Å². The molecule has 2 aliphatic rings. The number of likely N-dealkylation sites (tertiary alicyclic amines) is 1. The van der Waals surface area contributed by atoms with Crippen LogP contribution in [-0.4, -0.2) is 34.9 Å². The zero-order chi connectivity index (χ0) is 14.8. The number of carbonyl (C=O) groups is 1. The third-order valence-corrected chi connectivity index (χ3v) is 5.66. The summed E-state index contributed by atoms with van der Waals surface area (Å²) in [4.78, 5) is 18.5. The number of hydrogen-bond acceptors (Lipinski definition) is 4. The number of thiazole rings is 1. The highest BCUT2D eigenvalue weighted by Gasteiger charge is 2.29. The fourth-order valence-corrected chi connectivity index (χ4v) is 4.05. The highest BCUT2D eigenvalue weighted by atomic mass is 32.1. The first-order valence-electron chi connectivity index (χ1n) is 8.12. The summed E-state index contributed by atoms with van der Waals surface area (Å²) >= 11 is 1.81. The molecule has 1 saturated carbocycles. The average molecular weight is 307 g/mol. The van der Waals surface area contributed by atoms with Crippen molar-refractivity contribution in [1.82, 2.24) is 15.2 Å². The van der Waals surface area contributed by atoms with E-state index in [-0.39, 0.29) is 5.91 Å². The first-order chi connectivity index (χ1) is 10.2. The first kappa shape index (κ1) is 15.0. The number of nitrogens with zero attached hydrogens (tertiary/aromatic N) is 2. The number of rotatable bonds is 5. The summed E-state index contributed by atoms with van der Waals surface area (Å²) < 4.78 is 0. The van der Waals surface area contributed by atoms with E-state index < -0.39 is 0 Å². The SMILES string of the molecule is CCC(=O)N1CC[C@H](NCc2csc(C3CC3)n2)[C@H](C)C1. The summed E-state index contributed by atoms with van der Waals surface area (Å²) in [5, 5.41) is 7.16. The molecule has 1 N–H and O–H groups in total. The third kappa shape index (κ3) is 3.64. The Morgan fingerprint density at radius 1 is 1.48 bits per heavy atom. The molecule has 0 spiro atoms. The lowest BCUT2D eigenvalue weighted by Crippen LogP contribution is -2.49. The summed E-state index contributed by atoms with van der Waals surface area (Å²) in [6.07, 6.45) is 4.31. The molecule has 0 bridgehead atoms. The van der Waals surface area contributed by atoms with E-state index in [2.05, 4.69) is 17.6 Å². The Labute approximate surface area is 130 Å². The molecule has 116 valence electrons. The molecule has 21 heavy (non-hydrogen) atoms. The minimum atomic E-state index is 0.286. The van der Waals surface area contributed by atoms with Crippen molar-refractivity contribution < 1.29 is 4.79 Å². The molecule has 2 atom stereocenters. The van der Waals surface area contributed by atoms with Gasteiger partial charge in [-0.2, -0.15) is 0 Å². The zero-order valence-corrected chi connectivity index (χ0v) is 13.8. The van der Waals surface area contributed by atoms with E-state index in [1.54, 1.807) is 0 Å². The molecule has 0 aromatic carbocycles. The van der Waals surface area contributed by atoms with Crippen molar-refractivity contribution in [3.05, 3.63) is 16.1 Å². The standard InChI is InChI=1S/C16H25N3OS/c1-3-15(20)19-7-6-14(11(2)9-19)17-8-13-10-21-16(18-13)12-4-5-12/h10-12,14,17H,3-9H2,1-2H3/t11-,14+/m1/s1. The summed E-state index contributed by atoms with van der Waals surface area (Å²) in [5.74, 6) is 1.55. The molecule has 1 aliphatic carbocycles. The Morgan fingerprint density at radius 3 is 2.95 bits per heavy atom. The van der Waals surface area contributed by atoms with Gasteiger partial charge in [0.15, 0.2) is 0 Å². The Balaban J connectivity index is 1.47. The molecule has 1 aromatic heterocycles. The maximum Gasteiger partial charge on any atom is 0.222 e. The van der Waals surface area contributed by atoms with Crippen molar-refractivity contribution in [1.29, 1.82) is 0 Å². The van der Waals surface area contributed by atoms with Crippen molar-refractivity contribution in [2.24, 2.45) is 5.92 Å². The van der Waals surface area contributed by atoms with E-state index in [9.17, 15) is 4.79 Å². The van der Waals surface area contributed by atoms with Crippen LogP contribution in [-0.2, 0) is 11.3 Å². The fourth-order valence-electron chi connectivity index (χ4n) is 3.06. The second kappa shape index (κ2) is 6.44. The van der Waals surface area contributed by atoms with Crippen LogP contribution in [0, 0.1) is 5.92 Å². The Hall–Kier alpha value is -0.940. The molecule has 3 rings (SSSR count). The smallest absolute Gasteiger partial charge is 0.222 e. The maximum atomic E-state index is 11.8. The number of nitrogens with one attached hydrogen (secondary N) is 1. The predicted octanol–water partition coefficient (Wildman–Crippen LogP) is 2.76. The number of amides is 1. The Kier molecular flexibility index (Phi) is 4.60. The molecule has 4 nitrogen and oxygen atoms in total. The van der Waals surface area contributed by atoms with Crippen LogP contribution in [0.25, 0.3) is 0 Å². The van der Waals surface area contributed by atoms with Crippen molar-refractivity contribution in [3.8, 4) is 0 Å². The van der Waals surface area contributed by atoms with Gasteiger partial charge in [0, 0.05) is 43.4 Å². The average Bonchev–Trinajstić information content (AvgIpc) is 3.24. The zero-order valence-electron chi connectivity index (χ0n) is 13.0. The molecule has 1 aromatic rings. The minimum Gasteiger partial charge on any atom is -0.342 e. The van der Waals surface area contributed by atoms with Crippen molar-refractivity contribution >= 4 is 17.2 Å². The molecule has 0 unspecified atom stereocenters. The van der Waals surface area contributed by atoms with E-state index in [4.69, 9.17) is 4.98 Å². The molecular weight excluding hydrogens is 282 g/mol. The van der Waals surface area contributed by atoms with Crippen LogP contribution in [0.15, 0.2) is 5.38 Å². The van der Waals surface area contributed by atoms with Crippen molar-refractivity contribution in [3.63, 3.8) is 0 Å². The van der Waals surface area contributed by atoms with Gasteiger partial charge in [-0.15, -0.1) is 11.3 Å². The van der Waals surface area contributed by atoms with Crippen LogP contribution in [0.1, 0.15) is 56.2 Å². The van der Waals surface area contributed by atoms with E-state index in [0.717, 1.165) is 32.0 Å². The second-order valence-electron chi connectivity index (χ2n) is 6.40. The summed E-state index contributed by atoms with van der Waals surface area (Å²) in [7, 11) is 0. The fraction of sp³-hybridized carbons (Fsp3) is 0.750. The lowest BCUT2D eigenvalue weighted by Gasteiger charge is -2.37. The Morgan fingerprint density at radius 2 is 2.29 bits per heavy atom. The van der Waals surface area contributed by atoms with Gasteiger partial charge in [-0.3, -0.25) is 4.79 Å². The highest BCUT2D eigenvalue weighted by molar-refractivity contribution is 7.09. The lowest BCUT2D eigenvalue weighted by atomic mass is 9.93. The van der Waals surface area contributed by atoms with E-state index in [1.807, 2.05) is 23.2 Å². The summed E-state index contributed by atoms with van der Waals surface area (Å²) in [6, 6.07) is 0.497. The van der Waals surface area contributed by atoms with Gasteiger partial charge in [0.2, 0.25) is 5.91 Å². The largest absolute Gasteiger partial charge is 0.342 e. The van der Waals surface area contributed by atoms with Gasteiger partial charge in [-0.25, -0.2) is 4.98 Å². The number of carbonyl (C=O) groups excluding carboxylic acids is 1. The number of hydrogen-bond donors (Lipinski definition) is 1. The van der Waals surface area contributed by atoms with Gasteiger partial charge in [0.1, 0.15) is 0 Å². The van der Waals surface area contributed by atoms with Gasteiger partial charge >= 0.3 is 0 Å². The summed E-state index contributed by atoms with van der Waals surface area (Å²) in [6.45, 7) is 6.81. The second-order valence-corrected chi connectivity index (χ2v) is 7.29. The van der Waals surface area contributed by atoms with Crippen LogP contribution in [0.5, 0.6) is 0 Å². The highest BCUT2D eigenvalue weighted by Crippen LogP contribution is 2.41. The van der Waals surface area contributed by atoms with Gasteiger partial charge < -0.3 is 10.2 Å². The number of aromatic nitrogens is 1. The third-order valence-electron chi connectivity index (χ3n) is 4.60. The van der Waals surface area contributed by atoms with E-state index >= 15 is 0 Å². The first-order valence-corrected chi connectivity index (χ1v) is 9.00. The quantitative estimate of drug-likeness (QED) is 0.910. The molecule has 1 saturated heterocycles. The molecular formula is C16H25N3OS. The Bertz CT molecular complexity index is 497. The molecule has 2 fully saturated rings. The van der Waals surface area contributed by atoms with Gasteiger partial charge in [0.05, 0.1) is 10.7 Å². The van der Waals surface area contributed by atoms with Crippen molar-refractivity contribution in [2.45, 2.75) is 58.0 Å². The maximum absolute atomic E-state index is 11.8. The molecule has 2 heterocycles. The van der Waals surface area contributed by atoms with E-state index in [1.165, 1.54) is 23.5 Å².